The van der Waals surface area contributed by atoms with Gasteiger partial charge in [0.1, 0.15) is 5.82 Å². The molecule has 3 aromatic rings. The predicted octanol–water partition coefficient (Wildman–Crippen LogP) is 4.09. The maximum absolute atomic E-state index is 13.7. The number of carbonyl (C=O) groups is 1. The van der Waals surface area contributed by atoms with Gasteiger partial charge in [-0.2, -0.15) is 0 Å². The van der Waals surface area contributed by atoms with E-state index in [1.165, 1.54) is 33.8 Å². The van der Waals surface area contributed by atoms with Crippen LogP contribution in [-0.2, 0) is 30.5 Å². The molecule has 1 aliphatic carbocycles. The zero-order valence-corrected chi connectivity index (χ0v) is 14.9. The smallest absolute Gasteiger partial charge is 0.224 e. The fourth-order valence-corrected chi connectivity index (χ4v) is 4.01. The van der Waals surface area contributed by atoms with E-state index in [4.69, 9.17) is 0 Å². The molecule has 0 fully saturated rings. The van der Waals surface area contributed by atoms with E-state index in [2.05, 4.69) is 35.4 Å². The van der Waals surface area contributed by atoms with Crippen molar-refractivity contribution in [3.63, 3.8) is 0 Å². The molecule has 0 aliphatic heterocycles. The minimum absolute atomic E-state index is 0.0872. The van der Waals surface area contributed by atoms with Gasteiger partial charge in [0, 0.05) is 22.6 Å². The number of H-pyrrole nitrogens is 1. The summed E-state index contributed by atoms with van der Waals surface area (Å²) in [6, 6.07) is 13.0. The zero-order valence-electron chi connectivity index (χ0n) is 14.9. The molecule has 2 aromatic carbocycles. The van der Waals surface area contributed by atoms with Crippen LogP contribution in [0.1, 0.15) is 35.7 Å². The van der Waals surface area contributed by atoms with Crippen LogP contribution in [0.2, 0.25) is 0 Å². The predicted molar refractivity (Wildman–Crippen MR) is 102 cm³/mol. The van der Waals surface area contributed by atoms with Gasteiger partial charge in [-0.05, 0) is 48.4 Å². The molecule has 0 unspecified atom stereocenters. The standard InChI is InChI=1S/C22H23FN2O/c1-2-14-7-5-8-17-18-13-16(10-11-20(18)25-22(14)17)24-21(26)12-15-6-3-4-9-19(15)23/h3-9,16,25H,2,10-13H2,1H3,(H,24,26)/t16-/m1/s1. The molecular formula is C22H23FN2O. The Morgan fingerprint density at radius 2 is 2.00 bits per heavy atom. The Kier molecular flexibility index (Phi) is 4.49. The van der Waals surface area contributed by atoms with Crippen LogP contribution in [0.5, 0.6) is 0 Å². The van der Waals surface area contributed by atoms with Crippen LogP contribution in [0.3, 0.4) is 0 Å². The second kappa shape index (κ2) is 6.94. The van der Waals surface area contributed by atoms with Gasteiger partial charge >= 0.3 is 0 Å². The molecule has 1 atom stereocenters. The molecule has 0 saturated carbocycles. The number of hydrogen-bond donors (Lipinski definition) is 2. The monoisotopic (exact) mass is 350 g/mol. The van der Waals surface area contributed by atoms with Crippen LogP contribution in [0.15, 0.2) is 42.5 Å². The summed E-state index contributed by atoms with van der Waals surface area (Å²) in [4.78, 5) is 16.0. The molecule has 3 nitrogen and oxygen atoms in total. The topological polar surface area (TPSA) is 44.9 Å². The van der Waals surface area contributed by atoms with Crippen LogP contribution in [0.25, 0.3) is 10.9 Å². The lowest BCUT2D eigenvalue weighted by molar-refractivity contribution is -0.121. The average Bonchev–Trinajstić information content (AvgIpc) is 3.02. The number of halogens is 1. The van der Waals surface area contributed by atoms with Gasteiger partial charge in [0.25, 0.3) is 0 Å². The number of carbonyl (C=O) groups excluding carboxylic acids is 1. The van der Waals surface area contributed by atoms with Gasteiger partial charge in [-0.15, -0.1) is 0 Å². The van der Waals surface area contributed by atoms with Crippen molar-refractivity contribution in [3.05, 3.63) is 70.7 Å². The molecule has 0 saturated heterocycles. The number of amides is 1. The molecule has 4 rings (SSSR count). The molecule has 2 N–H and O–H groups in total. The second-order valence-electron chi connectivity index (χ2n) is 7.05. The number of aromatic amines is 1. The van der Waals surface area contributed by atoms with Crippen LogP contribution >= 0.6 is 0 Å². The molecule has 1 aromatic heterocycles. The molecule has 0 bridgehead atoms. The molecule has 0 radical (unpaired) electrons. The lowest BCUT2D eigenvalue weighted by atomic mass is 9.91. The summed E-state index contributed by atoms with van der Waals surface area (Å²) < 4.78 is 13.7. The molecular weight excluding hydrogens is 327 g/mol. The summed E-state index contributed by atoms with van der Waals surface area (Å²) in [5, 5.41) is 4.37. The van der Waals surface area contributed by atoms with Crippen molar-refractivity contribution in [3.8, 4) is 0 Å². The van der Waals surface area contributed by atoms with E-state index < -0.39 is 0 Å². The molecule has 134 valence electrons. The number of benzene rings is 2. The lowest BCUT2D eigenvalue weighted by Crippen LogP contribution is -2.39. The average molecular weight is 350 g/mol. The van der Waals surface area contributed by atoms with E-state index in [0.717, 1.165) is 25.7 Å². The molecule has 1 heterocycles. The van der Waals surface area contributed by atoms with Gasteiger partial charge in [-0.1, -0.05) is 43.3 Å². The minimum Gasteiger partial charge on any atom is -0.358 e. The quantitative estimate of drug-likeness (QED) is 0.731. The highest BCUT2D eigenvalue weighted by molar-refractivity contribution is 5.88. The van der Waals surface area contributed by atoms with E-state index >= 15 is 0 Å². The van der Waals surface area contributed by atoms with Crippen molar-refractivity contribution in [1.29, 1.82) is 0 Å². The Labute approximate surface area is 152 Å². The van der Waals surface area contributed by atoms with Crippen LogP contribution in [0.4, 0.5) is 4.39 Å². The first-order valence-electron chi connectivity index (χ1n) is 9.29. The van der Waals surface area contributed by atoms with E-state index in [1.54, 1.807) is 18.2 Å². The first-order chi connectivity index (χ1) is 12.7. The number of fused-ring (bicyclic) bond motifs is 3. The zero-order chi connectivity index (χ0) is 18.1. The number of aryl methyl sites for hydroxylation is 2. The van der Waals surface area contributed by atoms with E-state index in [-0.39, 0.29) is 24.2 Å². The fourth-order valence-electron chi connectivity index (χ4n) is 4.01. The van der Waals surface area contributed by atoms with Gasteiger partial charge in [-0.3, -0.25) is 4.79 Å². The van der Waals surface area contributed by atoms with Crippen molar-refractivity contribution < 1.29 is 9.18 Å². The molecule has 1 aliphatic rings. The van der Waals surface area contributed by atoms with Crippen molar-refractivity contribution >= 4 is 16.8 Å². The van der Waals surface area contributed by atoms with Gasteiger partial charge in [0.15, 0.2) is 0 Å². The molecule has 4 heteroatoms. The largest absolute Gasteiger partial charge is 0.358 e. The Hall–Kier alpha value is -2.62. The van der Waals surface area contributed by atoms with Crippen molar-refractivity contribution in [1.82, 2.24) is 10.3 Å². The third kappa shape index (κ3) is 3.12. The minimum atomic E-state index is -0.322. The Balaban J connectivity index is 1.50. The summed E-state index contributed by atoms with van der Waals surface area (Å²) in [6.07, 6.45) is 3.75. The van der Waals surface area contributed by atoms with Gasteiger partial charge in [0.05, 0.1) is 6.42 Å². The SMILES string of the molecule is CCc1cccc2c3c([nH]c12)CC[C@@H](NC(=O)Cc1ccccc1F)C3. The van der Waals surface area contributed by atoms with E-state index in [9.17, 15) is 9.18 Å². The van der Waals surface area contributed by atoms with Crippen LogP contribution < -0.4 is 5.32 Å². The highest BCUT2D eigenvalue weighted by Crippen LogP contribution is 2.31. The Bertz CT molecular complexity index is 960. The summed E-state index contributed by atoms with van der Waals surface area (Å²) in [5.74, 6) is -0.435. The van der Waals surface area contributed by atoms with Gasteiger partial charge < -0.3 is 10.3 Å². The number of rotatable bonds is 4. The van der Waals surface area contributed by atoms with Crippen LogP contribution in [0, 0.1) is 5.82 Å². The maximum Gasteiger partial charge on any atom is 0.224 e. The third-order valence-corrected chi connectivity index (χ3v) is 5.36. The lowest BCUT2D eigenvalue weighted by Gasteiger charge is -2.23. The Morgan fingerprint density at radius 1 is 1.19 bits per heavy atom. The van der Waals surface area contributed by atoms with Crippen molar-refractivity contribution in [2.45, 2.75) is 45.1 Å². The molecule has 26 heavy (non-hydrogen) atoms. The summed E-state index contributed by atoms with van der Waals surface area (Å²) >= 11 is 0. The van der Waals surface area contributed by atoms with E-state index in [0.29, 0.717) is 5.56 Å². The van der Waals surface area contributed by atoms with Gasteiger partial charge in [-0.25, -0.2) is 4.39 Å². The molecule has 0 spiro atoms. The highest BCUT2D eigenvalue weighted by atomic mass is 19.1. The molecule has 1 amide bonds. The van der Waals surface area contributed by atoms with Gasteiger partial charge in [0.2, 0.25) is 5.91 Å². The number of aromatic nitrogens is 1. The maximum atomic E-state index is 13.7. The highest BCUT2D eigenvalue weighted by Gasteiger charge is 2.24. The normalized spacial score (nSPS) is 16.5. The van der Waals surface area contributed by atoms with E-state index in [1.807, 2.05) is 0 Å². The van der Waals surface area contributed by atoms with Crippen molar-refractivity contribution in [2.75, 3.05) is 0 Å². The Morgan fingerprint density at radius 3 is 2.81 bits per heavy atom. The number of nitrogens with one attached hydrogen (secondary N) is 2. The number of hydrogen-bond acceptors (Lipinski definition) is 1. The number of para-hydroxylation sites is 1. The van der Waals surface area contributed by atoms with Crippen LogP contribution in [-0.4, -0.2) is 16.9 Å². The third-order valence-electron chi connectivity index (χ3n) is 5.36. The second-order valence-corrected chi connectivity index (χ2v) is 7.05. The summed E-state index contributed by atoms with van der Waals surface area (Å²) in [6.45, 7) is 2.17. The fraction of sp³-hybridized carbons (Fsp3) is 0.318. The summed E-state index contributed by atoms with van der Waals surface area (Å²) in [7, 11) is 0. The summed E-state index contributed by atoms with van der Waals surface area (Å²) in [5.41, 5.74) is 5.62. The first-order valence-corrected chi connectivity index (χ1v) is 9.29. The van der Waals surface area contributed by atoms with Crippen molar-refractivity contribution in [2.24, 2.45) is 0 Å². The first kappa shape index (κ1) is 16.8.